The van der Waals surface area contributed by atoms with Gasteiger partial charge in [0.25, 0.3) is 15.9 Å². The van der Waals surface area contributed by atoms with Crippen molar-refractivity contribution in [2.24, 2.45) is 0 Å². The van der Waals surface area contributed by atoms with Crippen molar-refractivity contribution in [3.05, 3.63) is 47.0 Å². The van der Waals surface area contributed by atoms with Gasteiger partial charge in [-0.3, -0.25) is 9.35 Å². The van der Waals surface area contributed by atoms with Gasteiger partial charge in [0.1, 0.15) is 4.91 Å². The third-order valence-electron chi connectivity index (χ3n) is 2.32. The summed E-state index contributed by atoms with van der Waals surface area (Å²) < 4.78 is 31.3. The number of fused-ring (bicyclic) bond motifs is 1. The Balaban J connectivity index is 0.00000162. The van der Waals surface area contributed by atoms with Crippen molar-refractivity contribution in [3.8, 4) is 0 Å². The van der Waals surface area contributed by atoms with Crippen molar-refractivity contribution < 1.29 is 22.6 Å². The van der Waals surface area contributed by atoms with Crippen LogP contribution >= 0.6 is 0 Å². The van der Waals surface area contributed by atoms with Crippen LogP contribution < -0.4 is 0 Å². The number of carbonyl (C=O) groups excluding carboxylic acids is 1. The molecule has 0 amide bonds. The zero-order valence-electron chi connectivity index (χ0n) is 8.36. The molecule has 0 spiro atoms. The van der Waals surface area contributed by atoms with Crippen LogP contribution in [0.2, 0.25) is 0 Å². The molecule has 18 heavy (non-hydrogen) atoms. The number of nitrogens with zero attached hydrogens (tertiary/aromatic N) is 2. The Bertz CT molecular complexity index is 702. The second-order valence-electron chi connectivity index (χ2n) is 3.34. The van der Waals surface area contributed by atoms with Gasteiger partial charge >= 0.3 is 35.3 Å². The maximum atomic E-state index is 11.5. The van der Waals surface area contributed by atoms with E-state index in [9.17, 15) is 13.2 Å². The molecule has 6 nitrogen and oxygen atoms in total. The van der Waals surface area contributed by atoms with Crippen molar-refractivity contribution in [1.29, 1.82) is 0 Å². The third kappa shape index (κ3) is 2.51. The van der Waals surface area contributed by atoms with Crippen molar-refractivity contribution in [2.45, 2.75) is 0 Å². The summed E-state index contributed by atoms with van der Waals surface area (Å²) in [7, 11) is -4.50. The molecule has 0 unspecified atom stereocenters. The molecule has 0 atom stereocenters. The molecular formula is C10H7N2NaO4S. The number of carbonyl (C=O) groups is 1. The number of benzene rings is 1. The summed E-state index contributed by atoms with van der Waals surface area (Å²) in [6, 6.07) is 5.94. The Labute approximate surface area is 125 Å². The van der Waals surface area contributed by atoms with Crippen molar-refractivity contribution in [2.75, 3.05) is 0 Å². The zero-order valence-corrected chi connectivity index (χ0v) is 9.18. The first-order valence-corrected chi connectivity index (χ1v) is 5.94. The SMILES string of the molecule is [N-]=[N+]=C1C(=O)C=C(S(=O)(=O)O)c2ccccc21.[NaH]. The molecule has 0 radical (unpaired) electrons. The van der Waals surface area contributed by atoms with Crippen LogP contribution in [0, 0.1) is 0 Å². The monoisotopic (exact) mass is 274 g/mol. The van der Waals surface area contributed by atoms with E-state index in [1.807, 2.05) is 0 Å². The van der Waals surface area contributed by atoms with Crippen LogP contribution in [0.1, 0.15) is 11.1 Å². The summed E-state index contributed by atoms with van der Waals surface area (Å²) in [5.74, 6) is -0.779. The van der Waals surface area contributed by atoms with Gasteiger partial charge in [0.15, 0.2) is 0 Å². The van der Waals surface area contributed by atoms with E-state index < -0.39 is 20.8 Å². The quantitative estimate of drug-likeness (QED) is 0.333. The third-order valence-corrected chi connectivity index (χ3v) is 3.21. The molecule has 0 heterocycles. The zero-order chi connectivity index (χ0) is 12.6. The first kappa shape index (κ1) is 15.0. The molecule has 1 aliphatic rings. The van der Waals surface area contributed by atoms with Crippen LogP contribution in [0.25, 0.3) is 10.4 Å². The van der Waals surface area contributed by atoms with Crippen molar-refractivity contribution >= 4 is 56.1 Å². The second kappa shape index (κ2) is 5.27. The first-order chi connectivity index (χ1) is 7.95. The summed E-state index contributed by atoms with van der Waals surface area (Å²) in [5, 5.41) is 0. The van der Waals surface area contributed by atoms with Gasteiger partial charge in [0, 0.05) is 11.6 Å². The van der Waals surface area contributed by atoms with E-state index in [4.69, 9.17) is 10.1 Å². The van der Waals surface area contributed by atoms with Gasteiger partial charge in [-0.15, -0.1) is 0 Å². The number of hydrogen-bond donors (Lipinski definition) is 1. The topological polar surface area (TPSA) is 108 Å². The summed E-state index contributed by atoms with van der Waals surface area (Å²) in [6.45, 7) is 0. The number of hydrogen-bond acceptors (Lipinski definition) is 3. The Kier molecular flexibility index (Phi) is 4.39. The van der Waals surface area contributed by atoms with Crippen LogP contribution in [-0.2, 0) is 14.9 Å². The Morgan fingerprint density at radius 2 is 1.72 bits per heavy atom. The number of rotatable bonds is 1. The van der Waals surface area contributed by atoms with Gasteiger partial charge in [-0.25, -0.2) is 0 Å². The van der Waals surface area contributed by atoms with Gasteiger partial charge in [0.2, 0.25) is 0 Å². The van der Waals surface area contributed by atoms with E-state index in [0.717, 1.165) is 6.08 Å². The Hall–Kier alpha value is -1.08. The normalized spacial score (nSPS) is 14.2. The van der Waals surface area contributed by atoms with E-state index in [1.54, 1.807) is 12.1 Å². The van der Waals surface area contributed by atoms with Crippen LogP contribution in [-0.4, -0.2) is 58.8 Å². The molecule has 1 N–H and O–H groups in total. The summed E-state index contributed by atoms with van der Waals surface area (Å²) in [4.78, 5) is 13.8. The fourth-order valence-electron chi connectivity index (χ4n) is 1.62. The molecule has 8 heteroatoms. The fourth-order valence-corrected chi connectivity index (χ4v) is 2.33. The van der Waals surface area contributed by atoms with Crippen LogP contribution in [0.15, 0.2) is 30.3 Å². The molecule has 0 saturated heterocycles. The number of ketones is 1. The van der Waals surface area contributed by atoms with Gasteiger partial charge in [-0.1, -0.05) is 18.2 Å². The summed E-state index contributed by atoms with van der Waals surface area (Å²) in [6.07, 6.45) is 0.729. The Morgan fingerprint density at radius 1 is 1.17 bits per heavy atom. The minimum absolute atomic E-state index is 0. The molecule has 0 aromatic heterocycles. The summed E-state index contributed by atoms with van der Waals surface area (Å²) >= 11 is 0. The predicted molar refractivity (Wildman–Crippen MR) is 65.9 cm³/mol. The molecule has 0 saturated carbocycles. The second-order valence-corrected chi connectivity index (χ2v) is 4.73. The van der Waals surface area contributed by atoms with Gasteiger partial charge in [0.05, 0.1) is 5.56 Å². The molecule has 0 aliphatic heterocycles. The molecular weight excluding hydrogens is 267 g/mol. The van der Waals surface area contributed by atoms with Crippen molar-refractivity contribution in [3.63, 3.8) is 0 Å². The van der Waals surface area contributed by atoms with Gasteiger partial charge < -0.3 is 5.53 Å². The first-order valence-electron chi connectivity index (χ1n) is 4.50. The van der Waals surface area contributed by atoms with Crippen molar-refractivity contribution in [1.82, 2.24) is 0 Å². The predicted octanol–water partition coefficient (Wildman–Crippen LogP) is -0.132. The maximum absolute atomic E-state index is 11.5. The minimum atomic E-state index is -4.50. The standard InChI is InChI=1S/C10H6N2O4S.Na.H/c11-12-10-7-4-2-1-3-6(7)9(5-8(10)13)17(14,15)16;;/h1-5H,(H,14,15,16);;. The molecule has 1 aromatic carbocycles. The average molecular weight is 274 g/mol. The van der Waals surface area contributed by atoms with Crippen LogP contribution in [0.3, 0.4) is 0 Å². The van der Waals surface area contributed by atoms with Gasteiger partial charge in [-0.2, -0.15) is 13.2 Å². The van der Waals surface area contributed by atoms with E-state index in [-0.39, 0.29) is 46.4 Å². The van der Waals surface area contributed by atoms with E-state index in [0.29, 0.717) is 0 Å². The average Bonchev–Trinajstić information content (AvgIpc) is 2.27. The van der Waals surface area contributed by atoms with Crippen LogP contribution in [0.4, 0.5) is 0 Å². The summed E-state index contributed by atoms with van der Waals surface area (Å²) in [5.41, 5.74) is 8.76. The molecule has 88 valence electrons. The van der Waals surface area contributed by atoms with E-state index in [1.165, 1.54) is 12.1 Å². The molecule has 1 aromatic rings. The van der Waals surface area contributed by atoms with Gasteiger partial charge in [-0.05, 0) is 6.07 Å². The van der Waals surface area contributed by atoms with Crippen LogP contribution in [0.5, 0.6) is 0 Å². The molecule has 1 aliphatic carbocycles. The molecule has 0 bridgehead atoms. The van der Waals surface area contributed by atoms with E-state index in [2.05, 4.69) is 4.79 Å². The Morgan fingerprint density at radius 3 is 2.22 bits per heavy atom. The van der Waals surface area contributed by atoms with E-state index >= 15 is 0 Å². The fraction of sp³-hybridized carbons (Fsp3) is 0. The molecule has 0 fully saturated rings. The number of allylic oxidation sites excluding steroid dienone is 1. The molecule has 2 rings (SSSR count).